The van der Waals surface area contributed by atoms with Crippen LogP contribution in [0.3, 0.4) is 0 Å². The average Bonchev–Trinajstić information content (AvgIpc) is 2.14. The first kappa shape index (κ1) is 11.6. The molecule has 3 atom stereocenters. The van der Waals surface area contributed by atoms with Crippen LogP contribution in [0.5, 0.6) is 0 Å². The molecule has 0 amide bonds. The molecule has 80 valence electrons. The highest BCUT2D eigenvalue weighted by atomic mass is 14.6. The molecule has 1 aliphatic rings. The molecule has 14 heavy (non-hydrogen) atoms. The van der Waals surface area contributed by atoms with Crippen LogP contribution in [-0.4, -0.2) is 6.04 Å². The zero-order valence-electron chi connectivity index (χ0n) is 9.50. The predicted octanol–water partition coefficient (Wildman–Crippen LogP) is 2.80. The first-order chi connectivity index (χ1) is 6.65. The van der Waals surface area contributed by atoms with Crippen molar-refractivity contribution in [3.05, 3.63) is 0 Å². The highest BCUT2D eigenvalue weighted by Crippen LogP contribution is 2.37. The van der Waals surface area contributed by atoms with Crippen LogP contribution < -0.4 is 5.73 Å². The third-order valence-electron chi connectivity index (χ3n) is 3.60. The van der Waals surface area contributed by atoms with Crippen molar-refractivity contribution in [1.29, 1.82) is 0 Å². The van der Waals surface area contributed by atoms with Gasteiger partial charge >= 0.3 is 0 Å². The van der Waals surface area contributed by atoms with Crippen molar-refractivity contribution in [3.63, 3.8) is 0 Å². The molecule has 1 nitrogen and oxygen atoms in total. The van der Waals surface area contributed by atoms with Crippen LogP contribution in [0.4, 0.5) is 0 Å². The Bertz CT molecular complexity index is 202. The molecule has 0 aromatic heterocycles. The van der Waals surface area contributed by atoms with Crippen molar-refractivity contribution in [2.24, 2.45) is 23.5 Å². The minimum absolute atomic E-state index is 0.424. The van der Waals surface area contributed by atoms with Crippen molar-refractivity contribution in [2.75, 3.05) is 0 Å². The first-order valence-corrected chi connectivity index (χ1v) is 5.84. The van der Waals surface area contributed by atoms with Gasteiger partial charge in [0.1, 0.15) is 0 Å². The molecule has 0 aromatic rings. The van der Waals surface area contributed by atoms with Crippen molar-refractivity contribution >= 4 is 0 Å². The number of hydrogen-bond acceptors (Lipinski definition) is 1. The van der Waals surface area contributed by atoms with Crippen molar-refractivity contribution < 1.29 is 0 Å². The second-order valence-corrected chi connectivity index (χ2v) is 4.98. The summed E-state index contributed by atoms with van der Waals surface area (Å²) < 4.78 is 0. The zero-order chi connectivity index (χ0) is 10.6. The second kappa shape index (κ2) is 5.41. The molecule has 0 bridgehead atoms. The topological polar surface area (TPSA) is 26.0 Å². The van der Waals surface area contributed by atoms with Crippen LogP contribution in [-0.2, 0) is 0 Å². The van der Waals surface area contributed by atoms with Crippen LogP contribution in [0.15, 0.2) is 0 Å². The Morgan fingerprint density at radius 3 is 2.71 bits per heavy atom. The SMILES string of the molecule is C#CCCC1CC(N)CCC1C(C)C. The molecule has 3 unspecified atom stereocenters. The van der Waals surface area contributed by atoms with E-state index >= 15 is 0 Å². The molecule has 0 aromatic carbocycles. The maximum absolute atomic E-state index is 6.01. The van der Waals surface area contributed by atoms with E-state index in [0.29, 0.717) is 6.04 Å². The summed E-state index contributed by atoms with van der Waals surface area (Å²) in [6.45, 7) is 4.65. The highest BCUT2D eigenvalue weighted by molar-refractivity contribution is 4.89. The standard InChI is InChI=1S/C13H23N/c1-4-5-6-11-9-12(14)7-8-13(11)10(2)3/h1,10-13H,5-9,14H2,2-3H3. The molecule has 1 heteroatoms. The van der Waals surface area contributed by atoms with E-state index in [0.717, 1.165) is 24.2 Å². The Morgan fingerprint density at radius 2 is 2.14 bits per heavy atom. The van der Waals surface area contributed by atoms with Gasteiger partial charge in [-0.25, -0.2) is 0 Å². The molecule has 1 fully saturated rings. The van der Waals surface area contributed by atoms with E-state index in [1.807, 2.05) is 0 Å². The maximum Gasteiger partial charge on any atom is 0.00888 e. The lowest BCUT2D eigenvalue weighted by molar-refractivity contribution is 0.157. The second-order valence-electron chi connectivity index (χ2n) is 4.98. The van der Waals surface area contributed by atoms with Gasteiger partial charge in [-0.05, 0) is 43.4 Å². The fraction of sp³-hybridized carbons (Fsp3) is 0.846. The Labute approximate surface area is 88.5 Å². The minimum atomic E-state index is 0.424. The smallest absolute Gasteiger partial charge is 0.00888 e. The lowest BCUT2D eigenvalue weighted by Crippen LogP contribution is -2.35. The van der Waals surface area contributed by atoms with E-state index < -0.39 is 0 Å². The normalized spacial score (nSPS) is 32.9. The van der Waals surface area contributed by atoms with Gasteiger partial charge < -0.3 is 5.73 Å². The van der Waals surface area contributed by atoms with E-state index in [1.165, 1.54) is 25.7 Å². The third-order valence-corrected chi connectivity index (χ3v) is 3.60. The molecule has 2 N–H and O–H groups in total. The predicted molar refractivity (Wildman–Crippen MR) is 61.7 cm³/mol. The number of rotatable bonds is 3. The summed E-state index contributed by atoms with van der Waals surface area (Å²) in [4.78, 5) is 0. The average molecular weight is 193 g/mol. The summed E-state index contributed by atoms with van der Waals surface area (Å²) in [5, 5.41) is 0. The monoisotopic (exact) mass is 193 g/mol. The van der Waals surface area contributed by atoms with E-state index in [-0.39, 0.29) is 0 Å². The fourth-order valence-electron chi connectivity index (χ4n) is 2.80. The van der Waals surface area contributed by atoms with Gasteiger partial charge in [0, 0.05) is 12.5 Å². The Morgan fingerprint density at radius 1 is 1.43 bits per heavy atom. The summed E-state index contributed by atoms with van der Waals surface area (Å²) in [6, 6.07) is 0.424. The summed E-state index contributed by atoms with van der Waals surface area (Å²) in [7, 11) is 0. The first-order valence-electron chi connectivity index (χ1n) is 5.84. The summed E-state index contributed by atoms with van der Waals surface area (Å²) in [6.07, 6.45) is 11.1. The highest BCUT2D eigenvalue weighted by Gasteiger charge is 2.30. The van der Waals surface area contributed by atoms with Crippen LogP contribution in [0, 0.1) is 30.1 Å². The number of terminal acetylenes is 1. The summed E-state index contributed by atoms with van der Waals surface area (Å²) in [5.74, 6) is 5.15. The van der Waals surface area contributed by atoms with Crippen LogP contribution in [0.25, 0.3) is 0 Å². The van der Waals surface area contributed by atoms with E-state index in [2.05, 4.69) is 19.8 Å². The van der Waals surface area contributed by atoms with Gasteiger partial charge in [-0.2, -0.15) is 0 Å². The Hall–Kier alpha value is -0.480. The van der Waals surface area contributed by atoms with E-state index in [4.69, 9.17) is 12.2 Å². The largest absolute Gasteiger partial charge is 0.328 e. The van der Waals surface area contributed by atoms with Gasteiger partial charge in [0.15, 0.2) is 0 Å². The number of nitrogens with two attached hydrogens (primary N) is 1. The van der Waals surface area contributed by atoms with Gasteiger partial charge in [0.05, 0.1) is 0 Å². The van der Waals surface area contributed by atoms with Crippen LogP contribution in [0.2, 0.25) is 0 Å². The van der Waals surface area contributed by atoms with E-state index in [9.17, 15) is 0 Å². The van der Waals surface area contributed by atoms with Crippen molar-refractivity contribution in [1.82, 2.24) is 0 Å². The lowest BCUT2D eigenvalue weighted by atomic mass is 9.70. The van der Waals surface area contributed by atoms with Crippen molar-refractivity contribution in [3.8, 4) is 12.3 Å². The molecule has 0 spiro atoms. The molecule has 0 radical (unpaired) electrons. The van der Waals surface area contributed by atoms with E-state index in [1.54, 1.807) is 0 Å². The third kappa shape index (κ3) is 3.03. The zero-order valence-corrected chi connectivity index (χ0v) is 9.50. The van der Waals surface area contributed by atoms with Crippen molar-refractivity contribution in [2.45, 2.75) is 52.0 Å². The molecule has 1 rings (SSSR count). The molecule has 0 saturated heterocycles. The minimum Gasteiger partial charge on any atom is -0.328 e. The molecular weight excluding hydrogens is 170 g/mol. The molecular formula is C13H23N. The summed E-state index contributed by atoms with van der Waals surface area (Å²) >= 11 is 0. The summed E-state index contributed by atoms with van der Waals surface area (Å²) in [5.41, 5.74) is 6.01. The van der Waals surface area contributed by atoms with Crippen LogP contribution in [0.1, 0.15) is 46.0 Å². The quantitative estimate of drug-likeness (QED) is 0.685. The maximum atomic E-state index is 6.01. The van der Waals surface area contributed by atoms with Crippen LogP contribution >= 0.6 is 0 Å². The molecule has 1 aliphatic carbocycles. The van der Waals surface area contributed by atoms with Gasteiger partial charge in [0.25, 0.3) is 0 Å². The number of hydrogen-bond donors (Lipinski definition) is 1. The Balaban J connectivity index is 2.50. The van der Waals surface area contributed by atoms with Gasteiger partial charge in [-0.15, -0.1) is 12.3 Å². The molecule has 1 saturated carbocycles. The molecule has 0 heterocycles. The van der Waals surface area contributed by atoms with Gasteiger partial charge in [0.2, 0.25) is 0 Å². The fourth-order valence-corrected chi connectivity index (χ4v) is 2.80. The Kier molecular flexibility index (Phi) is 4.48. The molecule has 0 aliphatic heterocycles. The van der Waals surface area contributed by atoms with Gasteiger partial charge in [-0.3, -0.25) is 0 Å². The lowest BCUT2D eigenvalue weighted by Gasteiger charge is -2.37. The van der Waals surface area contributed by atoms with Gasteiger partial charge in [-0.1, -0.05) is 13.8 Å².